The molecule has 3 atom stereocenters. The maximum Gasteiger partial charge on any atom is 0.338 e. The minimum Gasteiger partial charge on any atom is -0.462 e. The number of rotatable bonds is 5. The Morgan fingerprint density at radius 2 is 2.16 bits per heavy atom. The Morgan fingerprint density at radius 3 is 2.84 bits per heavy atom. The van der Waals surface area contributed by atoms with Gasteiger partial charge in [0.15, 0.2) is 0 Å². The van der Waals surface area contributed by atoms with Crippen molar-refractivity contribution in [3.63, 3.8) is 0 Å². The van der Waals surface area contributed by atoms with Crippen LogP contribution in [0.2, 0.25) is 0 Å². The van der Waals surface area contributed by atoms with E-state index in [1.165, 1.54) is 0 Å². The lowest BCUT2D eigenvalue weighted by Gasteiger charge is -2.14. The van der Waals surface area contributed by atoms with E-state index >= 15 is 0 Å². The minimum absolute atomic E-state index is 0.0380. The molecule has 0 bridgehead atoms. The Bertz CT molecular complexity index is 434. The van der Waals surface area contributed by atoms with Gasteiger partial charge in [-0.25, -0.2) is 4.79 Å². The normalized spacial score (nSPS) is 26.1. The minimum atomic E-state index is -0.572. The number of carbonyl (C=O) groups is 2. The first-order chi connectivity index (χ1) is 9.22. The van der Waals surface area contributed by atoms with Gasteiger partial charge in [0.25, 0.3) is 0 Å². The highest BCUT2D eigenvalue weighted by molar-refractivity contribution is 8.00. The highest BCUT2D eigenvalue weighted by Gasteiger charge is 2.35. The molecule has 1 aromatic carbocycles. The molecule has 0 amide bonds. The number of aliphatic hydroxyl groups excluding tert-OH is 1. The third-order valence-electron chi connectivity index (χ3n) is 3.16. The van der Waals surface area contributed by atoms with Gasteiger partial charge >= 0.3 is 5.97 Å². The van der Waals surface area contributed by atoms with Crippen molar-refractivity contribution < 1.29 is 19.4 Å². The highest BCUT2D eigenvalue weighted by atomic mass is 32.2. The molecule has 1 saturated heterocycles. The number of carbonyl (C=O) groups excluding carboxylic acids is 2. The standard InChI is InChI=1S/C14H16O4S/c15-8-11-12(16)9-19-13(11)6-7-18-14(17)10-4-2-1-3-5-10/h1-5,8,11-13,16H,6-7,9H2/t11-,12+,13+/m0/s1. The number of esters is 1. The topological polar surface area (TPSA) is 63.6 Å². The smallest absolute Gasteiger partial charge is 0.338 e. The Hall–Kier alpha value is -1.33. The second-order valence-electron chi connectivity index (χ2n) is 4.44. The molecule has 0 aliphatic carbocycles. The molecule has 1 N–H and O–H groups in total. The summed E-state index contributed by atoms with van der Waals surface area (Å²) in [6, 6.07) is 8.79. The monoisotopic (exact) mass is 280 g/mol. The van der Waals surface area contributed by atoms with Crippen LogP contribution in [-0.4, -0.2) is 41.1 Å². The van der Waals surface area contributed by atoms with E-state index < -0.39 is 6.10 Å². The number of aldehydes is 1. The van der Waals surface area contributed by atoms with Gasteiger partial charge in [-0.2, -0.15) is 11.8 Å². The molecule has 1 fully saturated rings. The van der Waals surface area contributed by atoms with Gasteiger partial charge in [0.05, 0.1) is 24.2 Å². The molecule has 0 aromatic heterocycles. The fourth-order valence-corrected chi connectivity index (χ4v) is 3.47. The predicted octanol–water partition coefficient (Wildman–Crippen LogP) is 1.52. The molecule has 1 heterocycles. The average molecular weight is 280 g/mol. The van der Waals surface area contributed by atoms with Crippen molar-refractivity contribution in [3.8, 4) is 0 Å². The zero-order valence-corrected chi connectivity index (χ0v) is 11.2. The van der Waals surface area contributed by atoms with Gasteiger partial charge in [-0.3, -0.25) is 0 Å². The number of thioether (sulfide) groups is 1. The number of ether oxygens (including phenoxy) is 1. The largest absolute Gasteiger partial charge is 0.462 e. The van der Waals surface area contributed by atoms with E-state index in [-0.39, 0.29) is 23.7 Å². The Labute approximate surface area is 116 Å². The van der Waals surface area contributed by atoms with E-state index in [4.69, 9.17) is 4.74 Å². The molecule has 1 aromatic rings. The van der Waals surface area contributed by atoms with Gasteiger partial charge in [-0.1, -0.05) is 18.2 Å². The van der Waals surface area contributed by atoms with Crippen molar-refractivity contribution in [1.29, 1.82) is 0 Å². The molecule has 19 heavy (non-hydrogen) atoms. The Kier molecular flexibility index (Phi) is 4.99. The summed E-state index contributed by atoms with van der Waals surface area (Å²) in [6.45, 7) is 0.266. The van der Waals surface area contributed by atoms with Gasteiger partial charge in [0.1, 0.15) is 6.29 Å². The quantitative estimate of drug-likeness (QED) is 0.654. The van der Waals surface area contributed by atoms with E-state index in [0.717, 1.165) is 6.29 Å². The molecule has 1 aliphatic rings. The van der Waals surface area contributed by atoms with Crippen LogP contribution in [0.1, 0.15) is 16.8 Å². The van der Waals surface area contributed by atoms with Crippen LogP contribution in [0, 0.1) is 5.92 Å². The number of benzene rings is 1. The van der Waals surface area contributed by atoms with Gasteiger partial charge < -0.3 is 14.6 Å². The summed E-state index contributed by atoms with van der Waals surface area (Å²) in [5.74, 6) is -0.131. The fourth-order valence-electron chi connectivity index (χ4n) is 2.07. The first kappa shape index (κ1) is 14.1. The Morgan fingerprint density at radius 1 is 1.42 bits per heavy atom. The lowest BCUT2D eigenvalue weighted by atomic mass is 10.00. The molecule has 0 unspecified atom stereocenters. The zero-order valence-electron chi connectivity index (χ0n) is 10.4. The maximum atomic E-state index is 11.7. The summed E-state index contributed by atoms with van der Waals surface area (Å²) in [5.41, 5.74) is 0.522. The van der Waals surface area contributed by atoms with Gasteiger partial charge in [0, 0.05) is 11.0 Å². The maximum absolute atomic E-state index is 11.7. The third kappa shape index (κ3) is 3.58. The molecule has 2 rings (SSSR count). The van der Waals surface area contributed by atoms with Gasteiger partial charge in [-0.05, 0) is 18.6 Å². The summed E-state index contributed by atoms with van der Waals surface area (Å²) in [5, 5.41) is 9.62. The summed E-state index contributed by atoms with van der Waals surface area (Å²) >= 11 is 1.56. The SMILES string of the molecule is O=C[C@H]1[C@H](O)CS[C@@H]1CCOC(=O)c1ccccc1. The van der Waals surface area contributed by atoms with Crippen LogP contribution in [0.3, 0.4) is 0 Å². The molecular weight excluding hydrogens is 264 g/mol. The number of hydrogen-bond donors (Lipinski definition) is 1. The van der Waals surface area contributed by atoms with E-state index in [1.54, 1.807) is 36.0 Å². The first-order valence-electron chi connectivity index (χ1n) is 6.19. The molecule has 1 aliphatic heterocycles. The van der Waals surface area contributed by atoms with E-state index in [0.29, 0.717) is 17.7 Å². The first-order valence-corrected chi connectivity index (χ1v) is 7.24. The van der Waals surface area contributed by atoms with Crippen molar-refractivity contribution in [2.45, 2.75) is 17.8 Å². The van der Waals surface area contributed by atoms with Crippen LogP contribution < -0.4 is 0 Å². The predicted molar refractivity (Wildman–Crippen MR) is 73.1 cm³/mol. The van der Waals surface area contributed by atoms with Crippen molar-refractivity contribution in [2.75, 3.05) is 12.4 Å². The van der Waals surface area contributed by atoms with Crippen LogP contribution in [0.4, 0.5) is 0 Å². The van der Waals surface area contributed by atoms with Crippen LogP contribution in [0.25, 0.3) is 0 Å². The highest BCUT2D eigenvalue weighted by Crippen LogP contribution is 2.33. The van der Waals surface area contributed by atoms with Crippen molar-refractivity contribution in [2.24, 2.45) is 5.92 Å². The van der Waals surface area contributed by atoms with Crippen molar-refractivity contribution >= 4 is 24.0 Å². The summed E-state index contributed by atoms with van der Waals surface area (Å²) < 4.78 is 5.17. The fraction of sp³-hybridized carbons (Fsp3) is 0.429. The summed E-state index contributed by atoms with van der Waals surface area (Å²) in [4.78, 5) is 22.6. The summed E-state index contributed by atoms with van der Waals surface area (Å²) in [7, 11) is 0. The van der Waals surface area contributed by atoms with Crippen LogP contribution in [0.5, 0.6) is 0 Å². The number of hydrogen-bond acceptors (Lipinski definition) is 5. The Balaban J connectivity index is 1.78. The second kappa shape index (κ2) is 6.73. The molecule has 5 heteroatoms. The van der Waals surface area contributed by atoms with E-state index in [1.807, 2.05) is 6.07 Å². The molecular formula is C14H16O4S. The van der Waals surface area contributed by atoms with Gasteiger partial charge in [0.2, 0.25) is 0 Å². The summed E-state index contributed by atoms with van der Waals surface area (Å²) in [6.07, 6.45) is 0.815. The van der Waals surface area contributed by atoms with Crippen molar-refractivity contribution in [1.82, 2.24) is 0 Å². The molecule has 0 radical (unpaired) electrons. The van der Waals surface area contributed by atoms with Crippen LogP contribution in [0.15, 0.2) is 30.3 Å². The molecule has 0 spiro atoms. The third-order valence-corrected chi connectivity index (χ3v) is 4.67. The van der Waals surface area contributed by atoms with Crippen LogP contribution in [-0.2, 0) is 9.53 Å². The number of aliphatic hydroxyl groups is 1. The lowest BCUT2D eigenvalue weighted by molar-refractivity contribution is -0.113. The van der Waals surface area contributed by atoms with Crippen molar-refractivity contribution in [3.05, 3.63) is 35.9 Å². The van der Waals surface area contributed by atoms with E-state index in [9.17, 15) is 14.7 Å². The van der Waals surface area contributed by atoms with E-state index in [2.05, 4.69) is 0 Å². The van der Waals surface area contributed by atoms with Crippen LogP contribution >= 0.6 is 11.8 Å². The second-order valence-corrected chi connectivity index (χ2v) is 5.72. The molecule has 102 valence electrons. The molecule has 4 nitrogen and oxygen atoms in total. The van der Waals surface area contributed by atoms with Gasteiger partial charge in [-0.15, -0.1) is 0 Å². The lowest BCUT2D eigenvalue weighted by Crippen LogP contribution is -2.25. The molecule has 0 saturated carbocycles. The zero-order chi connectivity index (χ0) is 13.7. The average Bonchev–Trinajstić information content (AvgIpc) is 2.80.